The maximum atomic E-state index is 13.8. The molecule has 0 heterocycles. The highest BCUT2D eigenvalue weighted by molar-refractivity contribution is 6.06. The molecule has 0 fully saturated rings. The molecule has 0 saturated heterocycles. The van der Waals surface area contributed by atoms with Crippen LogP contribution in [0.1, 0.15) is 21.5 Å². The van der Waals surface area contributed by atoms with Gasteiger partial charge in [0.2, 0.25) is 0 Å². The molecule has 0 unspecified atom stereocenters. The highest BCUT2D eigenvalue weighted by atomic mass is 19.1. The number of anilines is 1. The maximum Gasteiger partial charge on any atom is 0.259 e. The number of aryl methyl sites for hydroxylation is 2. The molecule has 3 nitrogen and oxygen atoms in total. The van der Waals surface area contributed by atoms with Gasteiger partial charge in [-0.15, -0.1) is 0 Å². The fourth-order valence-electron chi connectivity index (χ4n) is 1.79. The fraction of sp³-hybridized carbons (Fsp3) is 0.133. The first-order chi connectivity index (χ1) is 9.41. The molecular formula is C15H13F2NO2. The number of hydrogen-bond acceptors (Lipinski definition) is 2. The lowest BCUT2D eigenvalue weighted by molar-refractivity contribution is 0.102. The summed E-state index contributed by atoms with van der Waals surface area (Å²) < 4.78 is 27.4. The Balaban J connectivity index is 2.38. The van der Waals surface area contributed by atoms with E-state index in [1.165, 1.54) is 19.1 Å². The summed E-state index contributed by atoms with van der Waals surface area (Å²) in [7, 11) is 0. The molecule has 0 spiro atoms. The lowest BCUT2D eigenvalue weighted by Crippen LogP contribution is -2.15. The van der Waals surface area contributed by atoms with Crippen LogP contribution in [0.15, 0.2) is 30.3 Å². The quantitative estimate of drug-likeness (QED) is 0.882. The van der Waals surface area contributed by atoms with E-state index in [9.17, 15) is 18.7 Å². The number of hydrogen-bond donors (Lipinski definition) is 2. The van der Waals surface area contributed by atoms with Crippen molar-refractivity contribution in [2.75, 3.05) is 5.32 Å². The number of halogens is 2. The third-order valence-corrected chi connectivity index (χ3v) is 3.01. The van der Waals surface area contributed by atoms with E-state index in [-0.39, 0.29) is 16.9 Å². The van der Waals surface area contributed by atoms with Gasteiger partial charge in [0, 0.05) is 0 Å². The molecule has 0 atom stereocenters. The van der Waals surface area contributed by atoms with E-state index in [4.69, 9.17) is 0 Å². The monoisotopic (exact) mass is 277 g/mol. The van der Waals surface area contributed by atoms with Crippen LogP contribution in [0.25, 0.3) is 0 Å². The molecule has 2 rings (SSSR count). The first-order valence-corrected chi connectivity index (χ1v) is 5.96. The molecule has 0 saturated carbocycles. The van der Waals surface area contributed by atoms with Crippen molar-refractivity contribution in [2.45, 2.75) is 13.8 Å². The Kier molecular flexibility index (Phi) is 3.70. The van der Waals surface area contributed by atoms with Gasteiger partial charge >= 0.3 is 0 Å². The summed E-state index contributed by atoms with van der Waals surface area (Å²) in [6, 6.07) is 6.94. The van der Waals surface area contributed by atoms with Crippen LogP contribution < -0.4 is 5.32 Å². The van der Waals surface area contributed by atoms with Crippen LogP contribution in [0.2, 0.25) is 0 Å². The zero-order valence-corrected chi connectivity index (χ0v) is 11.0. The molecule has 2 N–H and O–H groups in total. The van der Waals surface area contributed by atoms with E-state index in [2.05, 4.69) is 5.32 Å². The van der Waals surface area contributed by atoms with Crippen LogP contribution in [-0.2, 0) is 0 Å². The maximum absolute atomic E-state index is 13.8. The summed E-state index contributed by atoms with van der Waals surface area (Å²) in [5.41, 5.74) is 0.166. The number of nitrogens with one attached hydrogen (secondary N) is 1. The second kappa shape index (κ2) is 5.28. The van der Waals surface area contributed by atoms with Gasteiger partial charge in [0.1, 0.15) is 17.3 Å². The number of phenolic OH excluding ortho intramolecular Hbond substituents is 1. The fourth-order valence-corrected chi connectivity index (χ4v) is 1.79. The summed E-state index contributed by atoms with van der Waals surface area (Å²) >= 11 is 0. The van der Waals surface area contributed by atoms with Gasteiger partial charge in [-0.2, -0.15) is 0 Å². The van der Waals surface area contributed by atoms with Gasteiger partial charge < -0.3 is 10.4 Å². The van der Waals surface area contributed by atoms with E-state index < -0.39 is 23.2 Å². The van der Waals surface area contributed by atoms with Crippen molar-refractivity contribution >= 4 is 11.6 Å². The Morgan fingerprint density at radius 2 is 1.80 bits per heavy atom. The SMILES string of the molecule is Cc1cccc(C(=O)Nc2c(F)ccc(C)c2F)c1O. The molecule has 104 valence electrons. The molecule has 2 aromatic rings. The average molecular weight is 277 g/mol. The van der Waals surface area contributed by atoms with Crippen LogP contribution in [0.3, 0.4) is 0 Å². The Hall–Kier alpha value is -2.43. The lowest BCUT2D eigenvalue weighted by Gasteiger charge is -2.11. The smallest absolute Gasteiger partial charge is 0.259 e. The number of carbonyl (C=O) groups is 1. The molecule has 1 amide bonds. The van der Waals surface area contributed by atoms with E-state index in [0.717, 1.165) is 6.07 Å². The summed E-state index contributed by atoms with van der Waals surface area (Å²) in [4.78, 5) is 12.0. The molecule has 0 aliphatic heterocycles. The Morgan fingerprint density at radius 1 is 1.10 bits per heavy atom. The number of phenols is 1. The summed E-state index contributed by atoms with van der Waals surface area (Å²) in [6.07, 6.45) is 0. The van der Waals surface area contributed by atoms with Crippen molar-refractivity contribution in [2.24, 2.45) is 0 Å². The number of para-hydroxylation sites is 1. The predicted octanol–water partition coefficient (Wildman–Crippen LogP) is 3.54. The van der Waals surface area contributed by atoms with Gasteiger partial charge in [-0.3, -0.25) is 4.79 Å². The highest BCUT2D eigenvalue weighted by Crippen LogP contribution is 2.25. The van der Waals surface area contributed by atoms with Crippen molar-refractivity contribution in [3.63, 3.8) is 0 Å². The summed E-state index contributed by atoms with van der Waals surface area (Å²) in [6.45, 7) is 3.09. The van der Waals surface area contributed by atoms with Crippen molar-refractivity contribution in [3.05, 3.63) is 58.7 Å². The standard InChI is InChI=1S/C15H13F2NO2/c1-8-6-7-11(16)13(12(8)17)18-15(20)10-5-3-4-9(2)14(10)19/h3-7,19H,1-2H3,(H,18,20). The normalized spacial score (nSPS) is 10.4. The van der Waals surface area contributed by atoms with E-state index in [1.54, 1.807) is 19.1 Å². The Labute approximate surface area is 114 Å². The van der Waals surface area contributed by atoms with Crippen molar-refractivity contribution < 1.29 is 18.7 Å². The number of rotatable bonds is 2. The van der Waals surface area contributed by atoms with Crippen LogP contribution in [0.5, 0.6) is 5.75 Å². The van der Waals surface area contributed by atoms with Crippen LogP contribution in [0, 0.1) is 25.5 Å². The number of amides is 1. The predicted molar refractivity (Wildman–Crippen MR) is 71.9 cm³/mol. The zero-order chi connectivity index (χ0) is 14.9. The first kappa shape index (κ1) is 14.0. The van der Waals surface area contributed by atoms with Crippen molar-refractivity contribution in [3.8, 4) is 5.75 Å². The second-order valence-corrected chi connectivity index (χ2v) is 4.48. The number of benzene rings is 2. The lowest BCUT2D eigenvalue weighted by atomic mass is 10.1. The zero-order valence-electron chi connectivity index (χ0n) is 11.0. The van der Waals surface area contributed by atoms with Crippen molar-refractivity contribution in [1.82, 2.24) is 0 Å². The van der Waals surface area contributed by atoms with Gasteiger partial charge in [-0.25, -0.2) is 8.78 Å². The Bertz CT molecular complexity index is 684. The molecule has 0 aromatic heterocycles. The van der Waals surface area contributed by atoms with E-state index in [1.807, 2.05) is 0 Å². The molecule has 0 radical (unpaired) electrons. The minimum atomic E-state index is -0.867. The minimum Gasteiger partial charge on any atom is -0.507 e. The van der Waals surface area contributed by atoms with E-state index in [0.29, 0.717) is 5.56 Å². The van der Waals surface area contributed by atoms with Crippen LogP contribution in [0.4, 0.5) is 14.5 Å². The van der Waals surface area contributed by atoms with Crippen LogP contribution in [-0.4, -0.2) is 11.0 Å². The molecule has 0 aliphatic carbocycles. The first-order valence-electron chi connectivity index (χ1n) is 5.96. The average Bonchev–Trinajstić information content (AvgIpc) is 2.42. The number of carbonyl (C=O) groups excluding carboxylic acids is 1. The molecule has 2 aromatic carbocycles. The molecule has 5 heteroatoms. The summed E-state index contributed by atoms with van der Waals surface area (Å²) in [5, 5.41) is 11.9. The minimum absolute atomic E-state index is 0.0368. The third-order valence-electron chi connectivity index (χ3n) is 3.01. The topological polar surface area (TPSA) is 49.3 Å². The second-order valence-electron chi connectivity index (χ2n) is 4.48. The highest BCUT2D eigenvalue weighted by Gasteiger charge is 2.18. The third kappa shape index (κ3) is 2.47. The molecule has 0 aliphatic rings. The van der Waals surface area contributed by atoms with E-state index >= 15 is 0 Å². The molecular weight excluding hydrogens is 264 g/mol. The molecule has 0 bridgehead atoms. The van der Waals surface area contributed by atoms with Gasteiger partial charge in [-0.05, 0) is 37.1 Å². The summed E-state index contributed by atoms with van der Waals surface area (Å²) in [5.74, 6) is -2.67. The van der Waals surface area contributed by atoms with Crippen LogP contribution >= 0.6 is 0 Å². The van der Waals surface area contributed by atoms with Gasteiger partial charge in [-0.1, -0.05) is 18.2 Å². The van der Waals surface area contributed by atoms with Gasteiger partial charge in [0.25, 0.3) is 5.91 Å². The molecule has 20 heavy (non-hydrogen) atoms. The number of aromatic hydroxyl groups is 1. The largest absolute Gasteiger partial charge is 0.507 e. The van der Waals surface area contributed by atoms with Gasteiger partial charge in [0.15, 0.2) is 5.82 Å². The van der Waals surface area contributed by atoms with Gasteiger partial charge in [0.05, 0.1) is 5.56 Å². The van der Waals surface area contributed by atoms with Crippen molar-refractivity contribution in [1.29, 1.82) is 0 Å². The Morgan fingerprint density at radius 3 is 2.50 bits per heavy atom.